The predicted molar refractivity (Wildman–Crippen MR) is 75.0 cm³/mol. The molecular weight excluding hydrogens is 287 g/mol. The zero-order chi connectivity index (χ0) is 14.8. The van der Waals surface area contributed by atoms with Gasteiger partial charge in [-0.3, -0.25) is 0 Å². The van der Waals surface area contributed by atoms with E-state index in [-0.39, 0.29) is 0 Å². The molecule has 0 saturated carbocycles. The number of benzene rings is 2. The number of alkyl halides is 3. The average Bonchev–Trinajstić information content (AvgIpc) is 2.39. The van der Waals surface area contributed by atoms with Crippen molar-refractivity contribution >= 4 is 17.3 Å². The van der Waals surface area contributed by atoms with Crippen molar-refractivity contribution in [2.24, 2.45) is 0 Å². The third-order valence-corrected chi connectivity index (χ3v) is 3.22. The molecule has 2 rings (SSSR count). The summed E-state index contributed by atoms with van der Waals surface area (Å²) < 4.78 is 37.3. The summed E-state index contributed by atoms with van der Waals surface area (Å²) in [6.07, 6.45) is -4.30. The van der Waals surface area contributed by atoms with E-state index in [4.69, 9.17) is 11.6 Å². The maximum atomic E-state index is 12.4. The Balaban J connectivity index is 2.06. The normalized spacial score (nSPS) is 11.4. The summed E-state index contributed by atoms with van der Waals surface area (Å²) in [6, 6.07) is 10.6. The largest absolute Gasteiger partial charge is 0.416 e. The molecule has 0 saturated heterocycles. The van der Waals surface area contributed by atoms with E-state index in [0.717, 1.165) is 28.9 Å². The number of hydrogen-bond acceptors (Lipinski definition) is 1. The molecule has 0 atom stereocenters. The zero-order valence-corrected chi connectivity index (χ0v) is 11.5. The van der Waals surface area contributed by atoms with Crippen molar-refractivity contribution < 1.29 is 13.2 Å². The summed E-state index contributed by atoms with van der Waals surface area (Å²) >= 11 is 6.04. The van der Waals surface area contributed by atoms with Gasteiger partial charge in [0.05, 0.1) is 16.3 Å². The first kappa shape index (κ1) is 14.7. The molecule has 2 aromatic rings. The fourth-order valence-corrected chi connectivity index (χ4v) is 1.97. The second kappa shape index (κ2) is 5.75. The molecule has 0 heterocycles. The maximum absolute atomic E-state index is 12.4. The Hall–Kier alpha value is -1.68. The van der Waals surface area contributed by atoms with E-state index in [1.807, 2.05) is 19.1 Å². The van der Waals surface area contributed by atoms with Gasteiger partial charge in [-0.05, 0) is 42.3 Å². The Kier molecular flexibility index (Phi) is 4.23. The maximum Gasteiger partial charge on any atom is 0.416 e. The zero-order valence-electron chi connectivity index (χ0n) is 10.8. The third kappa shape index (κ3) is 3.67. The molecule has 0 bridgehead atoms. The van der Waals surface area contributed by atoms with Crippen LogP contribution in [-0.2, 0) is 12.7 Å². The van der Waals surface area contributed by atoms with Gasteiger partial charge >= 0.3 is 6.18 Å². The Labute approximate surface area is 120 Å². The minimum absolute atomic E-state index is 0.418. The van der Waals surface area contributed by atoms with Crippen LogP contribution in [0.5, 0.6) is 0 Å². The van der Waals surface area contributed by atoms with E-state index in [9.17, 15) is 13.2 Å². The minimum atomic E-state index is -4.30. The van der Waals surface area contributed by atoms with E-state index in [2.05, 4.69) is 5.32 Å². The van der Waals surface area contributed by atoms with Crippen molar-refractivity contribution in [1.29, 1.82) is 0 Å². The van der Waals surface area contributed by atoms with Crippen LogP contribution in [0.25, 0.3) is 0 Å². The molecule has 106 valence electrons. The Morgan fingerprint density at radius 3 is 2.30 bits per heavy atom. The molecule has 5 heteroatoms. The number of halogens is 4. The Bertz CT molecular complexity index is 591. The highest BCUT2D eigenvalue weighted by molar-refractivity contribution is 6.33. The summed E-state index contributed by atoms with van der Waals surface area (Å²) in [5.74, 6) is 0. The van der Waals surface area contributed by atoms with Gasteiger partial charge in [0.2, 0.25) is 0 Å². The third-order valence-electron chi connectivity index (χ3n) is 2.89. The molecular formula is C15H13ClF3N. The van der Waals surface area contributed by atoms with Crippen LogP contribution >= 0.6 is 11.6 Å². The van der Waals surface area contributed by atoms with Gasteiger partial charge in [0, 0.05) is 6.54 Å². The lowest BCUT2D eigenvalue weighted by atomic mass is 10.1. The van der Waals surface area contributed by atoms with E-state index in [1.165, 1.54) is 12.1 Å². The molecule has 0 aliphatic rings. The van der Waals surface area contributed by atoms with Gasteiger partial charge in [-0.25, -0.2) is 0 Å². The van der Waals surface area contributed by atoms with Crippen LogP contribution in [0.2, 0.25) is 5.02 Å². The van der Waals surface area contributed by atoms with E-state index in [1.54, 1.807) is 6.07 Å². The Morgan fingerprint density at radius 2 is 1.70 bits per heavy atom. The van der Waals surface area contributed by atoms with Crippen LogP contribution in [0, 0.1) is 6.92 Å². The summed E-state index contributed by atoms with van der Waals surface area (Å²) in [7, 11) is 0. The molecule has 0 fully saturated rings. The van der Waals surface area contributed by atoms with Crippen molar-refractivity contribution in [3.63, 3.8) is 0 Å². The first-order chi connectivity index (χ1) is 9.36. The lowest BCUT2D eigenvalue weighted by Gasteiger charge is -2.11. The summed E-state index contributed by atoms with van der Waals surface area (Å²) in [4.78, 5) is 0. The fourth-order valence-electron chi connectivity index (χ4n) is 1.78. The molecule has 1 N–H and O–H groups in total. The molecule has 0 aliphatic carbocycles. The molecule has 1 nitrogen and oxygen atoms in total. The van der Waals surface area contributed by atoms with Crippen molar-refractivity contribution in [3.05, 3.63) is 64.2 Å². The molecule has 0 aliphatic heterocycles. The van der Waals surface area contributed by atoms with Crippen LogP contribution in [0.1, 0.15) is 16.7 Å². The van der Waals surface area contributed by atoms with Gasteiger partial charge in [0.1, 0.15) is 0 Å². The van der Waals surface area contributed by atoms with Gasteiger partial charge in [0.15, 0.2) is 0 Å². The van der Waals surface area contributed by atoms with Crippen molar-refractivity contribution in [2.75, 3.05) is 5.32 Å². The number of hydrogen-bond donors (Lipinski definition) is 1. The van der Waals surface area contributed by atoms with Gasteiger partial charge in [0.25, 0.3) is 0 Å². The second-order valence-electron chi connectivity index (χ2n) is 4.53. The lowest BCUT2D eigenvalue weighted by Crippen LogP contribution is -2.05. The highest BCUT2D eigenvalue weighted by atomic mass is 35.5. The van der Waals surface area contributed by atoms with Crippen LogP contribution in [-0.4, -0.2) is 0 Å². The SMILES string of the molecule is Cc1ccc(Cl)c(NCc2ccc(C(F)(F)F)cc2)c1. The Morgan fingerprint density at radius 1 is 1.05 bits per heavy atom. The minimum Gasteiger partial charge on any atom is -0.380 e. The predicted octanol–water partition coefficient (Wildman–Crippen LogP) is 5.28. The highest BCUT2D eigenvalue weighted by Crippen LogP contribution is 2.29. The smallest absolute Gasteiger partial charge is 0.380 e. The van der Waals surface area contributed by atoms with Gasteiger partial charge in [-0.15, -0.1) is 0 Å². The topological polar surface area (TPSA) is 12.0 Å². The first-order valence-electron chi connectivity index (χ1n) is 6.02. The van der Waals surface area contributed by atoms with Crippen molar-refractivity contribution in [2.45, 2.75) is 19.6 Å². The van der Waals surface area contributed by atoms with Crippen LogP contribution in [0.4, 0.5) is 18.9 Å². The molecule has 0 aromatic heterocycles. The number of anilines is 1. The highest BCUT2D eigenvalue weighted by Gasteiger charge is 2.29. The van der Waals surface area contributed by atoms with Crippen LogP contribution in [0.15, 0.2) is 42.5 Å². The van der Waals surface area contributed by atoms with Crippen molar-refractivity contribution in [3.8, 4) is 0 Å². The lowest BCUT2D eigenvalue weighted by molar-refractivity contribution is -0.137. The van der Waals surface area contributed by atoms with E-state index in [0.29, 0.717) is 11.6 Å². The quantitative estimate of drug-likeness (QED) is 0.813. The molecule has 0 radical (unpaired) electrons. The average molecular weight is 300 g/mol. The molecule has 20 heavy (non-hydrogen) atoms. The molecule has 0 unspecified atom stereocenters. The monoisotopic (exact) mass is 299 g/mol. The fraction of sp³-hybridized carbons (Fsp3) is 0.200. The molecule has 0 spiro atoms. The summed E-state index contributed by atoms with van der Waals surface area (Å²) in [5.41, 5.74) is 1.95. The molecule has 2 aromatic carbocycles. The van der Waals surface area contributed by atoms with E-state index < -0.39 is 11.7 Å². The first-order valence-corrected chi connectivity index (χ1v) is 6.40. The van der Waals surface area contributed by atoms with Gasteiger partial charge in [-0.2, -0.15) is 13.2 Å². The second-order valence-corrected chi connectivity index (χ2v) is 4.94. The number of rotatable bonds is 3. The van der Waals surface area contributed by atoms with Crippen LogP contribution in [0.3, 0.4) is 0 Å². The summed E-state index contributed by atoms with van der Waals surface area (Å²) in [6.45, 7) is 2.36. The van der Waals surface area contributed by atoms with Gasteiger partial charge in [-0.1, -0.05) is 29.8 Å². The molecule has 0 amide bonds. The van der Waals surface area contributed by atoms with Gasteiger partial charge < -0.3 is 5.32 Å². The number of aryl methyl sites for hydroxylation is 1. The van der Waals surface area contributed by atoms with Crippen molar-refractivity contribution in [1.82, 2.24) is 0 Å². The number of nitrogens with one attached hydrogen (secondary N) is 1. The van der Waals surface area contributed by atoms with E-state index >= 15 is 0 Å². The summed E-state index contributed by atoms with van der Waals surface area (Å²) in [5, 5.41) is 3.70. The van der Waals surface area contributed by atoms with Crippen LogP contribution < -0.4 is 5.32 Å². The standard InChI is InChI=1S/C15H13ClF3N/c1-10-2-7-13(16)14(8-10)20-9-11-3-5-12(6-4-11)15(17,18)19/h2-8,20H,9H2,1H3.